The predicted octanol–water partition coefficient (Wildman–Crippen LogP) is 3.11. The summed E-state index contributed by atoms with van der Waals surface area (Å²) in [7, 11) is 0. The lowest BCUT2D eigenvalue weighted by molar-refractivity contribution is -0.383. The first kappa shape index (κ1) is 16.8. The van der Waals surface area contributed by atoms with Crippen molar-refractivity contribution in [3.05, 3.63) is 68.9 Å². The van der Waals surface area contributed by atoms with E-state index in [0.29, 0.717) is 13.1 Å². The number of nitro groups is 1. The molecule has 128 valence electrons. The molecule has 0 aromatic carbocycles. The van der Waals surface area contributed by atoms with E-state index in [1.807, 2.05) is 29.6 Å². The highest BCUT2D eigenvalue weighted by Gasteiger charge is 2.22. The number of rotatable bonds is 8. The molecule has 9 heteroatoms. The van der Waals surface area contributed by atoms with Crippen molar-refractivity contribution in [3.8, 4) is 0 Å². The van der Waals surface area contributed by atoms with E-state index in [4.69, 9.17) is 0 Å². The highest BCUT2D eigenvalue weighted by Crippen LogP contribution is 2.29. The van der Waals surface area contributed by atoms with Crippen molar-refractivity contribution < 1.29 is 4.92 Å². The molecule has 0 aliphatic heterocycles. The Labute approximate surface area is 148 Å². The van der Waals surface area contributed by atoms with Gasteiger partial charge in [-0.15, -0.1) is 11.3 Å². The average molecular weight is 356 g/mol. The summed E-state index contributed by atoms with van der Waals surface area (Å²) in [4.78, 5) is 24.3. The van der Waals surface area contributed by atoms with Gasteiger partial charge in [0, 0.05) is 30.4 Å². The monoisotopic (exact) mass is 356 g/mol. The van der Waals surface area contributed by atoms with Gasteiger partial charge in [-0.1, -0.05) is 12.1 Å². The first-order valence-electron chi connectivity index (χ1n) is 7.62. The normalized spacial score (nSPS) is 10.4. The van der Waals surface area contributed by atoms with Crippen molar-refractivity contribution >= 4 is 28.7 Å². The van der Waals surface area contributed by atoms with Crippen LogP contribution in [0.5, 0.6) is 0 Å². The maximum absolute atomic E-state index is 11.5. The Balaban J connectivity index is 1.71. The van der Waals surface area contributed by atoms with E-state index in [1.54, 1.807) is 23.7 Å². The van der Waals surface area contributed by atoms with Gasteiger partial charge in [-0.05, 0) is 29.5 Å². The molecule has 2 N–H and O–H groups in total. The Bertz CT molecular complexity index is 826. The SMILES string of the molecule is O=[N+]([O-])c1c(NCCc2cccs2)ncnc1NCc1cccnc1. The van der Waals surface area contributed by atoms with Gasteiger partial charge < -0.3 is 10.6 Å². The number of pyridine rings is 1. The van der Waals surface area contributed by atoms with Gasteiger partial charge in [-0.3, -0.25) is 15.1 Å². The van der Waals surface area contributed by atoms with Gasteiger partial charge in [-0.25, -0.2) is 9.97 Å². The van der Waals surface area contributed by atoms with Crippen LogP contribution in [0.25, 0.3) is 0 Å². The largest absolute Gasteiger partial charge is 0.364 e. The molecule has 0 fully saturated rings. The Hall–Kier alpha value is -3.07. The van der Waals surface area contributed by atoms with Crippen LogP contribution in [0.15, 0.2) is 48.4 Å². The number of nitrogens with one attached hydrogen (secondary N) is 2. The van der Waals surface area contributed by atoms with Crippen LogP contribution < -0.4 is 10.6 Å². The van der Waals surface area contributed by atoms with E-state index in [9.17, 15) is 10.1 Å². The number of hydrogen-bond acceptors (Lipinski definition) is 8. The first-order chi connectivity index (χ1) is 12.2. The van der Waals surface area contributed by atoms with Crippen molar-refractivity contribution in [1.82, 2.24) is 15.0 Å². The zero-order chi connectivity index (χ0) is 17.5. The molecule has 0 saturated heterocycles. The van der Waals surface area contributed by atoms with E-state index in [2.05, 4.69) is 25.6 Å². The van der Waals surface area contributed by atoms with Crippen LogP contribution in [0.4, 0.5) is 17.3 Å². The Morgan fingerprint density at radius 1 is 1.16 bits per heavy atom. The van der Waals surface area contributed by atoms with E-state index in [1.165, 1.54) is 11.2 Å². The van der Waals surface area contributed by atoms with Crippen molar-refractivity contribution in [3.63, 3.8) is 0 Å². The Morgan fingerprint density at radius 3 is 2.68 bits per heavy atom. The molecule has 0 spiro atoms. The predicted molar refractivity (Wildman–Crippen MR) is 96.8 cm³/mol. The lowest BCUT2D eigenvalue weighted by atomic mass is 10.3. The minimum Gasteiger partial charge on any atom is -0.364 e. The minimum absolute atomic E-state index is 0.155. The molecule has 0 amide bonds. The second-order valence-corrected chi connectivity index (χ2v) is 6.18. The molecular formula is C16H16N6O2S. The minimum atomic E-state index is -0.473. The van der Waals surface area contributed by atoms with Gasteiger partial charge in [0.25, 0.3) is 0 Å². The Morgan fingerprint density at radius 2 is 2.00 bits per heavy atom. The average Bonchev–Trinajstić information content (AvgIpc) is 3.14. The standard InChI is InChI=1S/C16H16N6O2S/c23-22(24)14-15(18-7-5-13-4-2-8-25-13)20-11-21-16(14)19-10-12-3-1-6-17-9-12/h1-4,6,8-9,11H,5,7,10H2,(H2,18,19,20,21). The maximum Gasteiger partial charge on any atom is 0.353 e. The van der Waals surface area contributed by atoms with Gasteiger partial charge in [-0.2, -0.15) is 0 Å². The summed E-state index contributed by atoms with van der Waals surface area (Å²) in [5.74, 6) is 0.396. The van der Waals surface area contributed by atoms with Crippen molar-refractivity contribution in [1.29, 1.82) is 0 Å². The molecule has 3 aromatic rings. The highest BCUT2D eigenvalue weighted by molar-refractivity contribution is 7.09. The molecule has 3 aromatic heterocycles. The van der Waals surface area contributed by atoms with Crippen molar-refractivity contribution in [2.24, 2.45) is 0 Å². The summed E-state index contributed by atoms with van der Waals surface area (Å²) < 4.78 is 0. The second kappa shape index (κ2) is 8.15. The van der Waals surface area contributed by atoms with Crippen molar-refractivity contribution in [2.75, 3.05) is 17.2 Å². The highest BCUT2D eigenvalue weighted by atomic mass is 32.1. The lowest BCUT2D eigenvalue weighted by Crippen LogP contribution is -2.11. The molecule has 8 nitrogen and oxygen atoms in total. The molecular weight excluding hydrogens is 340 g/mol. The van der Waals surface area contributed by atoms with Gasteiger partial charge in [0.15, 0.2) is 0 Å². The fraction of sp³-hybridized carbons (Fsp3) is 0.188. The van der Waals surface area contributed by atoms with Crippen molar-refractivity contribution in [2.45, 2.75) is 13.0 Å². The molecule has 3 heterocycles. The summed E-state index contributed by atoms with van der Waals surface area (Å²) in [6, 6.07) is 7.70. The third-order valence-corrected chi connectivity index (χ3v) is 4.37. The topological polar surface area (TPSA) is 106 Å². The molecule has 25 heavy (non-hydrogen) atoms. The summed E-state index contributed by atoms with van der Waals surface area (Å²) in [6.45, 7) is 0.945. The fourth-order valence-electron chi connectivity index (χ4n) is 2.26. The quantitative estimate of drug-likeness (QED) is 0.472. The fourth-order valence-corrected chi connectivity index (χ4v) is 2.97. The zero-order valence-corrected chi connectivity index (χ0v) is 14.1. The van der Waals surface area contributed by atoms with E-state index in [0.717, 1.165) is 12.0 Å². The summed E-state index contributed by atoms with van der Waals surface area (Å²) >= 11 is 1.65. The molecule has 0 bridgehead atoms. The van der Waals surface area contributed by atoms with E-state index < -0.39 is 4.92 Å². The maximum atomic E-state index is 11.5. The van der Waals surface area contributed by atoms with E-state index >= 15 is 0 Å². The number of thiophene rings is 1. The number of nitrogens with zero attached hydrogens (tertiary/aromatic N) is 4. The molecule has 0 radical (unpaired) electrons. The molecule has 3 rings (SSSR count). The van der Waals surface area contributed by atoms with Crippen LogP contribution in [0.2, 0.25) is 0 Å². The van der Waals surface area contributed by atoms with Gasteiger partial charge in [0.05, 0.1) is 4.92 Å². The second-order valence-electron chi connectivity index (χ2n) is 5.15. The smallest absolute Gasteiger partial charge is 0.353 e. The van der Waals surface area contributed by atoms with E-state index in [-0.39, 0.29) is 17.3 Å². The van der Waals surface area contributed by atoms with Crippen LogP contribution >= 0.6 is 11.3 Å². The molecule has 0 aliphatic carbocycles. The number of aromatic nitrogens is 3. The first-order valence-corrected chi connectivity index (χ1v) is 8.50. The third kappa shape index (κ3) is 4.48. The van der Waals surface area contributed by atoms with Crippen LogP contribution in [0.3, 0.4) is 0 Å². The van der Waals surface area contributed by atoms with Crippen LogP contribution in [-0.4, -0.2) is 26.4 Å². The number of anilines is 2. The summed E-state index contributed by atoms with van der Waals surface area (Å²) in [5.41, 5.74) is 0.750. The molecule has 0 aliphatic rings. The van der Waals surface area contributed by atoms with Crippen LogP contribution in [-0.2, 0) is 13.0 Å². The van der Waals surface area contributed by atoms with Crippen LogP contribution in [0, 0.1) is 10.1 Å². The molecule has 0 saturated carbocycles. The van der Waals surface area contributed by atoms with Gasteiger partial charge in [0.2, 0.25) is 11.6 Å². The lowest BCUT2D eigenvalue weighted by Gasteiger charge is -2.09. The van der Waals surface area contributed by atoms with Crippen LogP contribution in [0.1, 0.15) is 10.4 Å². The number of hydrogen-bond donors (Lipinski definition) is 2. The van der Waals surface area contributed by atoms with Gasteiger partial charge in [0.1, 0.15) is 6.33 Å². The molecule has 0 unspecified atom stereocenters. The zero-order valence-electron chi connectivity index (χ0n) is 13.3. The summed E-state index contributed by atoms with van der Waals surface area (Å²) in [5, 5.41) is 19.5. The Kier molecular flexibility index (Phi) is 5.47. The molecule has 0 atom stereocenters. The third-order valence-electron chi connectivity index (χ3n) is 3.43. The summed E-state index contributed by atoms with van der Waals surface area (Å²) in [6.07, 6.45) is 5.45. The van der Waals surface area contributed by atoms with Gasteiger partial charge >= 0.3 is 5.69 Å².